The Morgan fingerprint density at radius 3 is 2.62 bits per heavy atom. The molecule has 0 saturated carbocycles. The van der Waals surface area contributed by atoms with Crippen molar-refractivity contribution in [1.82, 2.24) is 10.6 Å². The molecule has 0 saturated heterocycles. The maximum Gasteiger partial charge on any atom is 0.191 e. The van der Waals surface area contributed by atoms with Crippen LogP contribution in [0, 0.1) is 0 Å². The van der Waals surface area contributed by atoms with Crippen molar-refractivity contribution in [3.8, 4) is 11.5 Å². The second-order valence-electron chi connectivity index (χ2n) is 5.53. The van der Waals surface area contributed by atoms with Crippen LogP contribution in [0.2, 0.25) is 0 Å². The first kappa shape index (κ1) is 22.1. The first-order valence-corrected chi connectivity index (χ1v) is 9.15. The fourth-order valence-electron chi connectivity index (χ4n) is 2.10. The molecule has 148 valence electrons. The molecule has 0 spiro atoms. The van der Waals surface area contributed by atoms with Gasteiger partial charge in [0.1, 0.15) is 11.5 Å². The Kier molecular flexibility index (Phi) is 13.0. The van der Waals surface area contributed by atoms with Gasteiger partial charge in [0.15, 0.2) is 5.96 Å². The minimum atomic E-state index is 0.614. The maximum atomic E-state index is 5.72. The highest BCUT2D eigenvalue weighted by Crippen LogP contribution is 2.18. The number of hydrogen-bond donors (Lipinski definition) is 2. The lowest BCUT2D eigenvalue weighted by atomic mass is 10.3. The highest BCUT2D eigenvalue weighted by atomic mass is 16.5. The van der Waals surface area contributed by atoms with Gasteiger partial charge in [0.2, 0.25) is 0 Å². The Morgan fingerprint density at radius 2 is 1.85 bits per heavy atom. The van der Waals surface area contributed by atoms with Crippen molar-refractivity contribution in [2.24, 2.45) is 4.99 Å². The molecule has 0 heterocycles. The largest absolute Gasteiger partial charge is 0.497 e. The first-order valence-electron chi connectivity index (χ1n) is 9.15. The average molecular weight is 367 g/mol. The molecule has 1 aromatic rings. The summed E-state index contributed by atoms with van der Waals surface area (Å²) in [4.78, 5) is 4.55. The lowest BCUT2D eigenvalue weighted by Crippen LogP contribution is -2.38. The summed E-state index contributed by atoms with van der Waals surface area (Å²) < 4.78 is 21.3. The van der Waals surface area contributed by atoms with E-state index in [2.05, 4.69) is 22.5 Å². The van der Waals surface area contributed by atoms with E-state index in [0.29, 0.717) is 33.0 Å². The van der Waals surface area contributed by atoms with Gasteiger partial charge in [0, 0.05) is 45.8 Å². The van der Waals surface area contributed by atoms with Gasteiger partial charge in [0.25, 0.3) is 0 Å². The van der Waals surface area contributed by atoms with Crippen LogP contribution < -0.4 is 20.1 Å². The zero-order valence-electron chi connectivity index (χ0n) is 16.3. The van der Waals surface area contributed by atoms with Crippen LogP contribution in [0.25, 0.3) is 0 Å². The number of methoxy groups -OCH3 is 2. The lowest BCUT2D eigenvalue weighted by Gasteiger charge is -2.11. The topological polar surface area (TPSA) is 73.3 Å². The molecule has 0 unspecified atom stereocenters. The fraction of sp³-hybridized carbons (Fsp3) is 0.632. The van der Waals surface area contributed by atoms with E-state index in [1.54, 1.807) is 14.2 Å². The number of guanidine groups is 1. The van der Waals surface area contributed by atoms with Crippen LogP contribution >= 0.6 is 0 Å². The number of nitrogens with zero attached hydrogens (tertiary/aromatic N) is 1. The standard InChI is InChI=1S/C19H33N3O4/c1-4-20-19(21-10-6-12-25-15-14-23-2)22-11-7-13-26-18-9-5-8-17(16-18)24-3/h5,8-9,16H,4,6-7,10-15H2,1-3H3,(H2,20,21,22). The molecular formula is C19H33N3O4. The highest BCUT2D eigenvalue weighted by Gasteiger charge is 1.98. The van der Waals surface area contributed by atoms with Crippen molar-refractivity contribution in [2.45, 2.75) is 19.8 Å². The van der Waals surface area contributed by atoms with Gasteiger partial charge < -0.3 is 29.6 Å². The molecule has 2 N–H and O–H groups in total. The minimum Gasteiger partial charge on any atom is -0.497 e. The van der Waals surface area contributed by atoms with Crippen molar-refractivity contribution < 1.29 is 18.9 Å². The predicted molar refractivity (Wildman–Crippen MR) is 104 cm³/mol. The molecule has 0 amide bonds. The van der Waals surface area contributed by atoms with Crippen LogP contribution in [0.5, 0.6) is 11.5 Å². The number of nitrogens with one attached hydrogen (secondary N) is 2. The normalized spacial score (nSPS) is 11.3. The van der Waals surface area contributed by atoms with Gasteiger partial charge in [-0.15, -0.1) is 0 Å². The molecule has 0 fully saturated rings. The molecule has 0 atom stereocenters. The fourth-order valence-corrected chi connectivity index (χ4v) is 2.10. The maximum absolute atomic E-state index is 5.72. The first-order chi connectivity index (χ1) is 12.8. The summed E-state index contributed by atoms with van der Waals surface area (Å²) in [6.07, 6.45) is 1.76. The molecule has 0 aromatic heterocycles. The smallest absolute Gasteiger partial charge is 0.191 e. The number of ether oxygens (including phenoxy) is 4. The quantitative estimate of drug-likeness (QED) is 0.298. The molecule has 0 aliphatic heterocycles. The summed E-state index contributed by atoms with van der Waals surface area (Å²) in [7, 11) is 3.32. The second-order valence-corrected chi connectivity index (χ2v) is 5.53. The Balaban J connectivity index is 2.17. The highest BCUT2D eigenvalue weighted by molar-refractivity contribution is 5.79. The van der Waals surface area contributed by atoms with Crippen LogP contribution in [0.3, 0.4) is 0 Å². The van der Waals surface area contributed by atoms with E-state index in [1.165, 1.54) is 0 Å². The summed E-state index contributed by atoms with van der Waals surface area (Å²) in [6, 6.07) is 7.61. The molecule has 7 nitrogen and oxygen atoms in total. The summed E-state index contributed by atoms with van der Waals surface area (Å²) in [5.74, 6) is 2.43. The van der Waals surface area contributed by atoms with Gasteiger partial charge >= 0.3 is 0 Å². The monoisotopic (exact) mass is 367 g/mol. The van der Waals surface area contributed by atoms with Gasteiger partial charge in [-0.05, 0) is 25.5 Å². The molecule has 7 heteroatoms. The third-order valence-corrected chi connectivity index (χ3v) is 3.42. The molecule has 0 radical (unpaired) electrons. The number of aliphatic imine (C=N–C) groups is 1. The van der Waals surface area contributed by atoms with Crippen LogP contribution in [0.1, 0.15) is 19.8 Å². The van der Waals surface area contributed by atoms with Crippen molar-refractivity contribution in [1.29, 1.82) is 0 Å². The summed E-state index contributed by atoms with van der Waals surface area (Å²) in [5, 5.41) is 6.54. The summed E-state index contributed by atoms with van der Waals surface area (Å²) >= 11 is 0. The molecule has 0 aliphatic carbocycles. The van der Waals surface area contributed by atoms with Crippen molar-refractivity contribution >= 4 is 5.96 Å². The van der Waals surface area contributed by atoms with Gasteiger partial charge in [-0.2, -0.15) is 0 Å². The van der Waals surface area contributed by atoms with E-state index in [-0.39, 0.29) is 0 Å². The number of rotatable bonds is 14. The summed E-state index contributed by atoms with van der Waals surface area (Å²) in [6.45, 7) is 7.00. The van der Waals surface area contributed by atoms with Crippen LogP contribution in [0.4, 0.5) is 0 Å². The van der Waals surface area contributed by atoms with Crippen molar-refractivity contribution in [3.63, 3.8) is 0 Å². The van der Waals surface area contributed by atoms with E-state index in [0.717, 1.165) is 43.4 Å². The lowest BCUT2D eigenvalue weighted by molar-refractivity contribution is 0.0698. The predicted octanol–water partition coefficient (Wildman–Crippen LogP) is 2.07. The zero-order chi connectivity index (χ0) is 18.9. The van der Waals surface area contributed by atoms with Crippen LogP contribution in [0.15, 0.2) is 29.3 Å². The van der Waals surface area contributed by atoms with Crippen molar-refractivity contribution in [2.75, 3.05) is 60.3 Å². The van der Waals surface area contributed by atoms with Gasteiger partial charge in [0.05, 0.1) is 26.9 Å². The van der Waals surface area contributed by atoms with Gasteiger partial charge in [-0.1, -0.05) is 6.07 Å². The minimum absolute atomic E-state index is 0.614. The average Bonchev–Trinajstić information content (AvgIpc) is 2.67. The third-order valence-electron chi connectivity index (χ3n) is 3.42. The Hall–Kier alpha value is -1.99. The molecular weight excluding hydrogens is 334 g/mol. The zero-order valence-corrected chi connectivity index (χ0v) is 16.3. The molecule has 1 rings (SSSR count). The van der Waals surface area contributed by atoms with Crippen LogP contribution in [-0.4, -0.2) is 66.2 Å². The van der Waals surface area contributed by atoms with Gasteiger partial charge in [-0.25, -0.2) is 0 Å². The Bertz CT molecular complexity index is 497. The summed E-state index contributed by atoms with van der Waals surface area (Å²) in [5.41, 5.74) is 0. The van der Waals surface area contributed by atoms with E-state index in [1.807, 2.05) is 24.3 Å². The third kappa shape index (κ3) is 10.8. The van der Waals surface area contributed by atoms with Gasteiger partial charge in [-0.3, -0.25) is 4.99 Å². The molecule has 1 aromatic carbocycles. The van der Waals surface area contributed by atoms with Crippen molar-refractivity contribution in [3.05, 3.63) is 24.3 Å². The number of hydrogen-bond acceptors (Lipinski definition) is 5. The van der Waals surface area contributed by atoms with E-state index >= 15 is 0 Å². The molecule has 0 aliphatic rings. The van der Waals surface area contributed by atoms with E-state index in [9.17, 15) is 0 Å². The molecule has 0 bridgehead atoms. The Labute approximate surface area is 157 Å². The second kappa shape index (κ2) is 15.3. The molecule has 26 heavy (non-hydrogen) atoms. The van der Waals surface area contributed by atoms with E-state index < -0.39 is 0 Å². The number of benzene rings is 1. The van der Waals surface area contributed by atoms with Crippen LogP contribution in [-0.2, 0) is 9.47 Å². The van der Waals surface area contributed by atoms with E-state index in [4.69, 9.17) is 18.9 Å². The SMILES string of the molecule is CCNC(=NCCCOc1cccc(OC)c1)NCCCOCCOC. The Morgan fingerprint density at radius 1 is 1.00 bits per heavy atom.